The van der Waals surface area contributed by atoms with Crippen LogP contribution in [0.5, 0.6) is 0 Å². The molecule has 5 heterocycles. The predicted octanol–water partition coefficient (Wildman–Crippen LogP) is 10.3. The Bertz CT molecular complexity index is 4110. The lowest BCUT2D eigenvalue weighted by Gasteiger charge is -2.31. The molecule has 0 N–H and O–H groups in total. The number of nitrogens with zero attached hydrogens (tertiary/aromatic N) is 4. The molecule has 0 saturated carbocycles. The number of fused-ring (bicyclic) bond motifs is 15. The van der Waals surface area contributed by atoms with E-state index in [4.69, 9.17) is 19.9 Å². The third kappa shape index (κ3) is 5.40. The Morgan fingerprint density at radius 2 is 0.821 bits per heavy atom. The molecule has 312 valence electrons. The van der Waals surface area contributed by atoms with Crippen LogP contribution in [0.25, 0.3) is 87.1 Å². The normalized spacial score (nSPS) is 13.3. The number of hydrogen-bond donors (Lipinski definition) is 0. The molecule has 0 aliphatic carbocycles. The van der Waals surface area contributed by atoms with Gasteiger partial charge in [-0.1, -0.05) is 176 Å². The van der Waals surface area contributed by atoms with Crippen molar-refractivity contribution >= 4 is 128 Å². The summed E-state index contributed by atoms with van der Waals surface area (Å²) in [5.41, 5.74) is 6.47. The highest BCUT2D eigenvalue weighted by molar-refractivity contribution is 7.85. The first-order valence-electron chi connectivity index (χ1n) is 22.6. The monoisotopic (exact) mass is 888 g/mol. The van der Waals surface area contributed by atoms with Gasteiger partial charge in [0.05, 0.1) is 22.1 Å². The average molecular weight is 889 g/mol. The highest BCUT2D eigenvalue weighted by Crippen LogP contribution is 2.45. The number of pyridine rings is 4. The maximum atomic E-state index is 16.9. The van der Waals surface area contributed by atoms with E-state index in [1.807, 2.05) is 48.5 Å². The molecule has 0 amide bonds. The van der Waals surface area contributed by atoms with Crippen molar-refractivity contribution in [2.24, 2.45) is 0 Å². The summed E-state index contributed by atoms with van der Waals surface area (Å²) >= 11 is 0. The molecule has 0 bridgehead atoms. The van der Waals surface area contributed by atoms with Crippen molar-refractivity contribution in [3.8, 4) is 11.1 Å². The minimum atomic E-state index is -3.81. The van der Waals surface area contributed by atoms with Crippen LogP contribution in [0.2, 0.25) is 0 Å². The fraction of sp³-hybridized carbons (Fsp3) is 0. The van der Waals surface area contributed by atoms with Gasteiger partial charge in [-0.05, 0) is 101 Å². The molecule has 0 unspecified atom stereocenters. The van der Waals surface area contributed by atoms with Gasteiger partial charge in [0.15, 0.2) is 8.07 Å². The molecule has 0 saturated heterocycles. The van der Waals surface area contributed by atoms with Crippen LogP contribution >= 0.6 is 7.14 Å². The van der Waals surface area contributed by atoms with Crippen molar-refractivity contribution < 1.29 is 4.57 Å². The molecule has 4 aromatic heterocycles. The zero-order valence-electron chi connectivity index (χ0n) is 36.0. The summed E-state index contributed by atoms with van der Waals surface area (Å²) in [4.78, 5) is 20.2. The highest BCUT2D eigenvalue weighted by atomic mass is 31.2. The van der Waals surface area contributed by atoms with E-state index in [0.29, 0.717) is 27.2 Å². The van der Waals surface area contributed by atoms with Crippen LogP contribution < -0.4 is 36.9 Å². The minimum Gasteiger partial charge on any atom is -0.305 e. The van der Waals surface area contributed by atoms with Crippen molar-refractivity contribution in [3.05, 3.63) is 225 Å². The smallest absolute Gasteiger partial charge is 0.206 e. The summed E-state index contributed by atoms with van der Waals surface area (Å²) < 4.78 is 16.9. The summed E-state index contributed by atoms with van der Waals surface area (Å²) in [5.74, 6) is 0. The van der Waals surface area contributed by atoms with E-state index in [-0.39, 0.29) is 0 Å². The maximum Gasteiger partial charge on any atom is 0.206 e. The Morgan fingerprint density at radius 3 is 1.42 bits per heavy atom. The van der Waals surface area contributed by atoms with Crippen LogP contribution in [0.4, 0.5) is 0 Å². The first kappa shape index (κ1) is 38.1. The number of aromatic nitrogens is 4. The van der Waals surface area contributed by atoms with Gasteiger partial charge in [-0.25, -0.2) is 9.97 Å². The molecular formula is C60H37N4OPSi. The third-order valence-electron chi connectivity index (χ3n) is 14.2. The van der Waals surface area contributed by atoms with Crippen molar-refractivity contribution in [1.29, 1.82) is 0 Å². The molecule has 7 heteroatoms. The molecule has 1 aliphatic heterocycles. The van der Waals surface area contributed by atoms with Crippen molar-refractivity contribution in [2.75, 3.05) is 0 Å². The third-order valence-corrected chi connectivity index (χ3v) is 21.9. The second-order valence-electron chi connectivity index (χ2n) is 17.6. The second-order valence-corrected chi connectivity index (χ2v) is 24.0. The van der Waals surface area contributed by atoms with E-state index >= 15 is 4.57 Å². The topological polar surface area (TPSA) is 68.6 Å². The summed E-state index contributed by atoms with van der Waals surface area (Å²) in [5, 5.41) is 16.7. The molecule has 13 aromatic rings. The Balaban J connectivity index is 1.08. The molecule has 0 atom stereocenters. The predicted molar refractivity (Wildman–Crippen MR) is 282 cm³/mol. The Labute approximate surface area is 386 Å². The summed E-state index contributed by atoms with van der Waals surface area (Å²) in [7, 11) is -6.59. The van der Waals surface area contributed by atoms with Gasteiger partial charge in [-0.3, -0.25) is 9.97 Å². The first-order chi connectivity index (χ1) is 33.1. The Morgan fingerprint density at radius 1 is 0.343 bits per heavy atom. The number of rotatable bonds is 5. The molecule has 9 aromatic carbocycles. The fourth-order valence-electron chi connectivity index (χ4n) is 11.2. The van der Waals surface area contributed by atoms with Crippen molar-refractivity contribution in [3.63, 3.8) is 0 Å². The lowest BCUT2D eigenvalue weighted by molar-refractivity contribution is 0.591. The van der Waals surface area contributed by atoms with E-state index in [9.17, 15) is 0 Å². The number of hydrogen-bond acceptors (Lipinski definition) is 5. The zero-order valence-corrected chi connectivity index (χ0v) is 37.9. The molecular weight excluding hydrogens is 852 g/mol. The Kier molecular flexibility index (Phi) is 8.21. The average Bonchev–Trinajstić information content (AvgIpc) is 3.70. The second kappa shape index (κ2) is 14.4. The molecule has 67 heavy (non-hydrogen) atoms. The van der Waals surface area contributed by atoms with Gasteiger partial charge in [-0.15, -0.1) is 0 Å². The quantitative estimate of drug-likeness (QED) is 0.0978. The molecule has 0 spiro atoms. The summed E-state index contributed by atoms with van der Waals surface area (Å²) in [6.45, 7) is 0. The lowest BCUT2D eigenvalue weighted by Crippen LogP contribution is -2.72. The summed E-state index contributed by atoms with van der Waals surface area (Å²) in [6.07, 6.45) is 3.58. The standard InChI is InChI=1S/C60H37N4OPSi/c65-66(55-31-27-40-25-23-38-13-11-33-61-57(38)59(40)63-55,56-32-28-41-26-24-39-14-12-34-62-58(39)60(41)64-56)42-29-30-47-49(35-42)45-19-7-8-20-46(45)50-36-52-48-21-9-10-22-53(48)67(54(52)37-51(47)50,43-15-3-1-4-16-43)44-17-5-2-6-18-44/h1-37H. The van der Waals surface area contributed by atoms with Gasteiger partial charge in [0.2, 0.25) is 7.14 Å². The fourth-order valence-corrected chi connectivity index (χ4v) is 18.8. The van der Waals surface area contributed by atoms with Crippen LogP contribution in [0, 0.1) is 0 Å². The van der Waals surface area contributed by atoms with Gasteiger partial charge < -0.3 is 4.57 Å². The largest absolute Gasteiger partial charge is 0.305 e. The molecule has 0 fully saturated rings. The highest BCUT2D eigenvalue weighted by Gasteiger charge is 2.48. The van der Waals surface area contributed by atoms with E-state index in [0.717, 1.165) is 54.1 Å². The summed E-state index contributed by atoms with van der Waals surface area (Å²) in [6, 6.07) is 75.5. The molecule has 5 nitrogen and oxygen atoms in total. The van der Waals surface area contributed by atoms with E-state index in [2.05, 4.69) is 164 Å². The van der Waals surface area contributed by atoms with Gasteiger partial charge >= 0.3 is 0 Å². The van der Waals surface area contributed by atoms with Gasteiger partial charge in [0.25, 0.3) is 0 Å². The first-order valence-corrected chi connectivity index (χ1v) is 26.3. The van der Waals surface area contributed by atoms with Crippen molar-refractivity contribution in [2.45, 2.75) is 0 Å². The van der Waals surface area contributed by atoms with Crippen LogP contribution in [0.3, 0.4) is 0 Å². The SMILES string of the molecule is O=P(c1ccc2c(c1)c1ccccc1c1cc3c(cc21)[Si](c1ccccc1)(c1ccccc1)c1ccccc1-3)(c1ccc2ccc3cccnc3c2n1)c1ccc2ccc3cccnc3c2n1. The van der Waals surface area contributed by atoms with Crippen molar-refractivity contribution in [1.82, 2.24) is 19.9 Å². The molecule has 1 aliphatic rings. The van der Waals surface area contributed by atoms with Gasteiger partial charge in [0, 0.05) is 39.2 Å². The van der Waals surface area contributed by atoms with E-state index in [1.54, 1.807) is 12.4 Å². The Hall–Kier alpha value is -8.15. The maximum absolute atomic E-state index is 16.9. The molecule has 14 rings (SSSR count). The van der Waals surface area contributed by atoms with Crippen LogP contribution in [-0.2, 0) is 4.57 Å². The lowest BCUT2D eigenvalue weighted by atomic mass is 9.92. The van der Waals surface area contributed by atoms with Gasteiger partial charge in [0.1, 0.15) is 10.9 Å². The number of benzene rings is 9. The van der Waals surface area contributed by atoms with Crippen LogP contribution in [0.1, 0.15) is 0 Å². The zero-order chi connectivity index (χ0) is 44.3. The van der Waals surface area contributed by atoms with E-state index in [1.165, 1.54) is 42.6 Å². The minimum absolute atomic E-state index is 0.458. The van der Waals surface area contributed by atoms with Crippen LogP contribution in [0.15, 0.2) is 225 Å². The molecule has 0 radical (unpaired) electrons. The van der Waals surface area contributed by atoms with E-state index < -0.39 is 15.2 Å². The van der Waals surface area contributed by atoms with Gasteiger partial charge in [-0.2, -0.15) is 0 Å². The van der Waals surface area contributed by atoms with Crippen LogP contribution in [-0.4, -0.2) is 28.0 Å².